The molecule has 38 heavy (non-hydrogen) atoms. The number of carbonyl (C=O) groups excluding carboxylic acids is 1. The van der Waals surface area contributed by atoms with E-state index in [-0.39, 0.29) is 12.2 Å². The van der Waals surface area contributed by atoms with Crippen LogP contribution in [0.1, 0.15) is 50.8 Å². The smallest absolute Gasteiger partial charge is 0.338 e. The van der Waals surface area contributed by atoms with Crippen LogP contribution in [-0.4, -0.2) is 30.9 Å². The normalized spacial score (nSPS) is 15.2. The van der Waals surface area contributed by atoms with Crippen LogP contribution >= 0.6 is 38.9 Å². The summed E-state index contributed by atoms with van der Waals surface area (Å²) < 4.78 is 19.7. The van der Waals surface area contributed by atoms with E-state index < -0.39 is 12.0 Å². The molecule has 1 aromatic heterocycles. The van der Waals surface area contributed by atoms with Crippen LogP contribution in [-0.2, 0) is 9.53 Å². The van der Waals surface area contributed by atoms with Gasteiger partial charge in [0.25, 0.3) is 5.56 Å². The number of esters is 1. The van der Waals surface area contributed by atoms with Crippen LogP contribution in [0.15, 0.2) is 61.9 Å². The molecule has 2 aromatic carbocycles. The molecule has 3 aromatic rings. The van der Waals surface area contributed by atoms with Gasteiger partial charge in [-0.3, -0.25) is 9.36 Å². The van der Waals surface area contributed by atoms with Crippen molar-refractivity contribution in [2.75, 3.05) is 20.3 Å². The topological polar surface area (TPSA) is 79.1 Å². The minimum Gasteiger partial charge on any atom is -0.496 e. The Morgan fingerprint density at radius 3 is 2.61 bits per heavy atom. The lowest BCUT2D eigenvalue weighted by Crippen LogP contribution is -2.40. The number of thiazole rings is 1. The maximum atomic E-state index is 14.0. The van der Waals surface area contributed by atoms with Gasteiger partial charge in [-0.15, -0.1) is 0 Å². The third-order valence-electron chi connectivity index (χ3n) is 5.94. The highest BCUT2D eigenvalue weighted by Gasteiger charge is 2.36. The Morgan fingerprint density at radius 1 is 1.16 bits per heavy atom. The number of benzene rings is 2. The lowest BCUT2D eigenvalue weighted by Gasteiger charge is -2.27. The minimum absolute atomic E-state index is 0.198. The van der Waals surface area contributed by atoms with Crippen LogP contribution in [0.5, 0.6) is 11.5 Å². The van der Waals surface area contributed by atoms with Crippen LogP contribution in [0.3, 0.4) is 0 Å². The number of fused-ring (bicyclic) bond motifs is 1. The number of hydrogen-bond acceptors (Lipinski definition) is 7. The fourth-order valence-corrected chi connectivity index (χ4v) is 5.96. The van der Waals surface area contributed by atoms with Crippen LogP contribution in [0.25, 0.3) is 6.08 Å². The van der Waals surface area contributed by atoms with Gasteiger partial charge in [0.15, 0.2) is 4.80 Å². The van der Waals surface area contributed by atoms with E-state index in [9.17, 15) is 9.59 Å². The van der Waals surface area contributed by atoms with E-state index >= 15 is 0 Å². The second-order valence-electron chi connectivity index (χ2n) is 8.41. The first kappa shape index (κ1) is 28.1. The highest BCUT2D eigenvalue weighted by atomic mass is 79.9. The molecule has 4 rings (SSSR count). The van der Waals surface area contributed by atoms with Crippen LogP contribution in [0.2, 0.25) is 5.02 Å². The number of rotatable bonds is 9. The number of hydrogen-bond donors (Lipinski definition) is 0. The molecule has 7 nitrogen and oxygen atoms in total. The molecule has 0 spiro atoms. The molecule has 0 N–H and O–H groups in total. The van der Waals surface area contributed by atoms with E-state index in [0.29, 0.717) is 61.3 Å². The predicted octanol–water partition coefficient (Wildman–Crippen LogP) is 5.40. The number of carbonyl (C=O) groups is 1. The van der Waals surface area contributed by atoms with Crippen molar-refractivity contribution in [1.82, 2.24) is 4.57 Å². The molecule has 0 bridgehead atoms. The Morgan fingerprint density at radius 2 is 1.92 bits per heavy atom. The van der Waals surface area contributed by atoms with Gasteiger partial charge in [-0.2, -0.15) is 0 Å². The second-order valence-corrected chi connectivity index (χ2v) is 10.8. The Bertz CT molecular complexity index is 1580. The zero-order chi connectivity index (χ0) is 27.4. The summed E-state index contributed by atoms with van der Waals surface area (Å²) >= 11 is 11.1. The third kappa shape index (κ3) is 5.60. The minimum atomic E-state index is -0.785. The molecule has 10 heteroatoms. The lowest BCUT2D eigenvalue weighted by atomic mass is 9.93. The van der Waals surface area contributed by atoms with Gasteiger partial charge >= 0.3 is 5.97 Å². The van der Waals surface area contributed by atoms with Crippen LogP contribution in [0.4, 0.5) is 0 Å². The van der Waals surface area contributed by atoms with Crippen LogP contribution in [0, 0.1) is 0 Å². The standard InChI is InChI=1S/C28H28BrClN2O5S/c1-5-8-20-24(27(34)37-7-3)25(19-15-17(29)9-11-22(19)35-4)32-26(33)23(38-28(32)31-20)14-16-13-18(30)10-12-21(16)36-6-2/h9-15,25H,5-8H2,1-4H3/b23-14+/t25-/m0/s1. The summed E-state index contributed by atoms with van der Waals surface area (Å²) in [4.78, 5) is 32.7. The quantitative estimate of drug-likeness (QED) is 0.300. The molecule has 1 aliphatic rings. The number of halogens is 2. The van der Waals surface area contributed by atoms with Crippen molar-refractivity contribution in [3.63, 3.8) is 0 Å². The van der Waals surface area contributed by atoms with Gasteiger partial charge in [0.1, 0.15) is 17.5 Å². The number of methoxy groups -OCH3 is 1. The van der Waals surface area contributed by atoms with Crippen molar-refractivity contribution in [3.8, 4) is 11.5 Å². The molecule has 0 saturated heterocycles. The molecular formula is C28H28BrClN2O5S. The van der Waals surface area contributed by atoms with Gasteiger partial charge in [0.2, 0.25) is 0 Å². The molecular weight excluding hydrogens is 592 g/mol. The fourth-order valence-electron chi connectivity index (χ4n) is 4.39. The summed E-state index contributed by atoms with van der Waals surface area (Å²) in [6.45, 7) is 6.33. The summed E-state index contributed by atoms with van der Waals surface area (Å²) in [5.41, 5.74) is 1.98. The average Bonchev–Trinajstić information content (AvgIpc) is 3.19. The molecule has 1 aliphatic heterocycles. The Balaban J connectivity index is 2.05. The van der Waals surface area contributed by atoms with Gasteiger partial charge < -0.3 is 14.2 Å². The van der Waals surface area contributed by atoms with E-state index in [2.05, 4.69) is 15.9 Å². The average molecular weight is 620 g/mol. The van der Waals surface area contributed by atoms with Gasteiger partial charge in [0, 0.05) is 20.6 Å². The summed E-state index contributed by atoms with van der Waals surface area (Å²) in [5.74, 6) is 0.655. The zero-order valence-electron chi connectivity index (χ0n) is 21.5. The molecule has 0 fully saturated rings. The van der Waals surface area contributed by atoms with Crippen molar-refractivity contribution in [2.45, 2.75) is 39.7 Å². The van der Waals surface area contributed by atoms with Gasteiger partial charge in [0.05, 0.1) is 36.1 Å². The maximum absolute atomic E-state index is 14.0. The summed E-state index contributed by atoms with van der Waals surface area (Å²) in [6, 6.07) is 10.0. The second kappa shape index (κ2) is 12.3. The Labute approximate surface area is 238 Å². The first-order chi connectivity index (χ1) is 18.3. The molecule has 200 valence electrons. The monoisotopic (exact) mass is 618 g/mol. The molecule has 0 unspecified atom stereocenters. The van der Waals surface area contributed by atoms with Crippen molar-refractivity contribution < 1.29 is 19.0 Å². The molecule has 0 aliphatic carbocycles. The number of aromatic nitrogens is 1. The van der Waals surface area contributed by atoms with Crippen molar-refractivity contribution >= 4 is 50.9 Å². The SMILES string of the molecule is CCCC1=C(C(=O)OCC)[C@H](c2cc(Br)ccc2OC)n2c(s/c(=C/c3cc(Cl)ccc3OCC)c2=O)=N1. The Hall–Kier alpha value is -2.88. The number of allylic oxidation sites excluding steroid dienone is 1. The van der Waals surface area contributed by atoms with E-state index in [1.165, 1.54) is 11.3 Å². The molecule has 2 heterocycles. The number of ether oxygens (including phenoxy) is 3. The van der Waals surface area contributed by atoms with Crippen molar-refractivity contribution in [1.29, 1.82) is 0 Å². The highest BCUT2D eigenvalue weighted by molar-refractivity contribution is 9.10. The summed E-state index contributed by atoms with van der Waals surface area (Å²) in [5, 5.41) is 0.527. The first-order valence-corrected chi connectivity index (χ1v) is 14.3. The van der Waals surface area contributed by atoms with Gasteiger partial charge in [-0.25, -0.2) is 9.79 Å². The van der Waals surface area contributed by atoms with Gasteiger partial charge in [-0.1, -0.05) is 52.2 Å². The van der Waals surface area contributed by atoms with Crippen molar-refractivity contribution in [3.05, 3.63) is 88.0 Å². The molecule has 1 atom stereocenters. The van der Waals surface area contributed by atoms with E-state index in [0.717, 1.165) is 10.9 Å². The first-order valence-electron chi connectivity index (χ1n) is 12.3. The fraction of sp³-hybridized carbons (Fsp3) is 0.321. The van der Waals surface area contributed by atoms with Gasteiger partial charge in [-0.05, 0) is 62.7 Å². The zero-order valence-corrected chi connectivity index (χ0v) is 24.7. The van der Waals surface area contributed by atoms with E-state index in [4.69, 9.17) is 30.8 Å². The maximum Gasteiger partial charge on any atom is 0.338 e. The van der Waals surface area contributed by atoms with Crippen molar-refractivity contribution in [2.24, 2.45) is 4.99 Å². The van der Waals surface area contributed by atoms with Crippen LogP contribution < -0.4 is 24.4 Å². The third-order valence-corrected chi connectivity index (χ3v) is 7.65. The predicted molar refractivity (Wildman–Crippen MR) is 153 cm³/mol. The highest BCUT2D eigenvalue weighted by Crippen LogP contribution is 2.38. The summed E-state index contributed by atoms with van der Waals surface area (Å²) in [6.07, 6.45) is 3.07. The summed E-state index contributed by atoms with van der Waals surface area (Å²) in [7, 11) is 1.56. The lowest BCUT2D eigenvalue weighted by molar-refractivity contribution is -0.139. The Kier molecular flexibility index (Phi) is 9.12. The van der Waals surface area contributed by atoms with E-state index in [1.807, 2.05) is 26.0 Å². The molecule has 0 saturated carbocycles. The molecule has 0 radical (unpaired) electrons. The molecule has 0 amide bonds. The largest absolute Gasteiger partial charge is 0.496 e. The van der Waals surface area contributed by atoms with E-state index in [1.54, 1.807) is 48.9 Å². The number of nitrogens with zero attached hydrogens (tertiary/aromatic N) is 2.